The Bertz CT molecular complexity index is 249. The Morgan fingerprint density at radius 3 is 3.31 bits per heavy atom. The molecule has 3 nitrogen and oxygen atoms in total. The number of guanidine groups is 1. The first-order valence-corrected chi connectivity index (χ1v) is 5.42. The van der Waals surface area contributed by atoms with Gasteiger partial charge >= 0.3 is 0 Å². The molecule has 72 valence electrons. The van der Waals surface area contributed by atoms with Crippen LogP contribution in [0.1, 0.15) is 26.2 Å². The van der Waals surface area contributed by atoms with Crippen LogP contribution in [0, 0.1) is 5.92 Å². The van der Waals surface area contributed by atoms with Gasteiger partial charge in [-0.3, -0.25) is 4.99 Å². The lowest BCUT2D eigenvalue weighted by Crippen LogP contribution is -2.45. The molecule has 3 aliphatic rings. The van der Waals surface area contributed by atoms with Crippen molar-refractivity contribution in [2.75, 3.05) is 13.1 Å². The molecular formula is C10H17N3. The van der Waals surface area contributed by atoms with Crippen LogP contribution in [0.5, 0.6) is 0 Å². The summed E-state index contributed by atoms with van der Waals surface area (Å²) < 4.78 is 0. The van der Waals surface area contributed by atoms with Crippen molar-refractivity contribution in [1.82, 2.24) is 10.2 Å². The number of aliphatic imine (C=N–C) groups is 1. The second-order valence-corrected chi connectivity index (χ2v) is 4.62. The van der Waals surface area contributed by atoms with E-state index in [0.29, 0.717) is 6.04 Å². The number of rotatable bonds is 0. The second-order valence-electron chi connectivity index (χ2n) is 4.62. The van der Waals surface area contributed by atoms with Gasteiger partial charge in [-0.05, 0) is 25.7 Å². The van der Waals surface area contributed by atoms with Crippen molar-refractivity contribution in [1.29, 1.82) is 0 Å². The zero-order chi connectivity index (χ0) is 8.84. The summed E-state index contributed by atoms with van der Waals surface area (Å²) in [6, 6.07) is 1.41. The summed E-state index contributed by atoms with van der Waals surface area (Å²) in [6.45, 7) is 4.47. The van der Waals surface area contributed by atoms with Crippen LogP contribution in [0.2, 0.25) is 0 Å². The van der Waals surface area contributed by atoms with Crippen molar-refractivity contribution in [2.24, 2.45) is 10.9 Å². The van der Waals surface area contributed by atoms with Crippen LogP contribution in [0.15, 0.2) is 4.99 Å². The minimum atomic E-state index is 0.595. The molecule has 0 spiro atoms. The van der Waals surface area contributed by atoms with Gasteiger partial charge < -0.3 is 10.2 Å². The van der Waals surface area contributed by atoms with E-state index in [-0.39, 0.29) is 0 Å². The maximum atomic E-state index is 4.62. The van der Waals surface area contributed by atoms with E-state index in [1.54, 1.807) is 0 Å². The van der Waals surface area contributed by atoms with Gasteiger partial charge in [0.2, 0.25) is 0 Å². The van der Waals surface area contributed by atoms with E-state index in [4.69, 9.17) is 0 Å². The standard InChI is InChI=1S/C10H17N3/c1-7-6-13-9-4-2-3-8(9)5-11-10(13)12-7/h7-9H,2-6H2,1H3,(H,11,12). The molecule has 2 fully saturated rings. The molecule has 0 amide bonds. The Kier molecular flexibility index (Phi) is 1.55. The van der Waals surface area contributed by atoms with Gasteiger partial charge in [0.25, 0.3) is 0 Å². The average molecular weight is 179 g/mol. The molecule has 2 heterocycles. The van der Waals surface area contributed by atoms with Gasteiger partial charge in [-0.2, -0.15) is 0 Å². The second kappa shape index (κ2) is 2.63. The first kappa shape index (κ1) is 7.65. The molecule has 1 saturated heterocycles. The summed E-state index contributed by atoms with van der Waals surface area (Å²) in [5, 5.41) is 3.44. The third-order valence-electron chi connectivity index (χ3n) is 3.61. The van der Waals surface area contributed by atoms with Gasteiger partial charge in [-0.25, -0.2) is 0 Å². The normalized spacial score (nSPS) is 42.4. The van der Waals surface area contributed by atoms with E-state index in [9.17, 15) is 0 Å². The molecule has 3 heteroatoms. The van der Waals surface area contributed by atoms with Crippen LogP contribution in [0.4, 0.5) is 0 Å². The summed E-state index contributed by atoms with van der Waals surface area (Å²) >= 11 is 0. The summed E-state index contributed by atoms with van der Waals surface area (Å²) in [5.74, 6) is 2.03. The zero-order valence-corrected chi connectivity index (χ0v) is 8.16. The molecule has 1 aliphatic carbocycles. The molecule has 3 atom stereocenters. The fraction of sp³-hybridized carbons (Fsp3) is 0.900. The average Bonchev–Trinajstić information content (AvgIpc) is 2.65. The van der Waals surface area contributed by atoms with E-state index >= 15 is 0 Å². The maximum absolute atomic E-state index is 4.62. The fourth-order valence-corrected chi connectivity index (χ4v) is 3.00. The van der Waals surface area contributed by atoms with E-state index in [1.807, 2.05) is 0 Å². The number of hydrogen-bond donors (Lipinski definition) is 1. The largest absolute Gasteiger partial charge is 0.352 e. The van der Waals surface area contributed by atoms with Crippen molar-refractivity contribution in [3.63, 3.8) is 0 Å². The van der Waals surface area contributed by atoms with E-state index in [1.165, 1.54) is 31.8 Å². The molecule has 0 aromatic heterocycles. The van der Waals surface area contributed by atoms with Crippen molar-refractivity contribution in [3.8, 4) is 0 Å². The van der Waals surface area contributed by atoms with Gasteiger partial charge in [-0.15, -0.1) is 0 Å². The monoisotopic (exact) mass is 179 g/mol. The van der Waals surface area contributed by atoms with E-state index in [2.05, 4.69) is 22.1 Å². The lowest BCUT2D eigenvalue weighted by molar-refractivity contribution is 0.253. The molecule has 3 unspecified atom stereocenters. The topological polar surface area (TPSA) is 27.6 Å². The molecular weight excluding hydrogens is 162 g/mol. The first-order chi connectivity index (χ1) is 6.34. The third-order valence-corrected chi connectivity index (χ3v) is 3.61. The van der Waals surface area contributed by atoms with Crippen molar-refractivity contribution < 1.29 is 0 Å². The Morgan fingerprint density at radius 1 is 1.46 bits per heavy atom. The van der Waals surface area contributed by atoms with Crippen LogP contribution in [0.3, 0.4) is 0 Å². The van der Waals surface area contributed by atoms with E-state index < -0.39 is 0 Å². The van der Waals surface area contributed by atoms with Gasteiger partial charge in [0.1, 0.15) is 0 Å². The SMILES string of the molecule is CC1CN2C(=NCC3CCCC32)N1. The van der Waals surface area contributed by atoms with Crippen molar-refractivity contribution in [3.05, 3.63) is 0 Å². The fourth-order valence-electron chi connectivity index (χ4n) is 3.00. The van der Waals surface area contributed by atoms with Gasteiger partial charge in [0.05, 0.1) is 0 Å². The number of nitrogens with one attached hydrogen (secondary N) is 1. The molecule has 13 heavy (non-hydrogen) atoms. The van der Waals surface area contributed by atoms with Crippen LogP contribution >= 0.6 is 0 Å². The molecule has 0 aromatic rings. The molecule has 2 aliphatic heterocycles. The number of fused-ring (bicyclic) bond motifs is 3. The van der Waals surface area contributed by atoms with Gasteiger partial charge in [-0.1, -0.05) is 6.42 Å². The van der Waals surface area contributed by atoms with Gasteiger partial charge in [0.15, 0.2) is 5.96 Å². The lowest BCUT2D eigenvalue weighted by atomic mass is 10.0. The minimum absolute atomic E-state index is 0.595. The highest BCUT2D eigenvalue weighted by Gasteiger charge is 2.40. The predicted molar refractivity (Wildman–Crippen MR) is 52.7 cm³/mol. The van der Waals surface area contributed by atoms with E-state index in [0.717, 1.165) is 18.5 Å². The minimum Gasteiger partial charge on any atom is -0.352 e. The Labute approximate surface area is 79.2 Å². The molecule has 0 bridgehead atoms. The highest BCUT2D eigenvalue weighted by molar-refractivity contribution is 5.83. The zero-order valence-electron chi connectivity index (χ0n) is 8.16. The molecule has 1 N–H and O–H groups in total. The van der Waals surface area contributed by atoms with Crippen LogP contribution in [-0.4, -0.2) is 36.0 Å². The first-order valence-electron chi connectivity index (χ1n) is 5.42. The van der Waals surface area contributed by atoms with Gasteiger partial charge in [0, 0.05) is 25.2 Å². The predicted octanol–water partition coefficient (Wildman–Crippen LogP) is 0.818. The Hall–Kier alpha value is -0.730. The molecule has 1 saturated carbocycles. The maximum Gasteiger partial charge on any atom is 0.194 e. The number of hydrogen-bond acceptors (Lipinski definition) is 3. The van der Waals surface area contributed by atoms with Crippen LogP contribution < -0.4 is 5.32 Å². The van der Waals surface area contributed by atoms with Crippen molar-refractivity contribution >= 4 is 5.96 Å². The molecule has 0 radical (unpaired) electrons. The van der Waals surface area contributed by atoms with Crippen LogP contribution in [0.25, 0.3) is 0 Å². The quantitative estimate of drug-likeness (QED) is 0.596. The summed E-state index contributed by atoms with van der Waals surface area (Å²) in [5.41, 5.74) is 0. The smallest absolute Gasteiger partial charge is 0.194 e. The Balaban J connectivity index is 1.87. The highest BCUT2D eigenvalue weighted by Crippen LogP contribution is 2.34. The lowest BCUT2D eigenvalue weighted by Gasteiger charge is -2.33. The van der Waals surface area contributed by atoms with Crippen LogP contribution in [-0.2, 0) is 0 Å². The summed E-state index contributed by atoms with van der Waals surface area (Å²) in [4.78, 5) is 7.12. The summed E-state index contributed by atoms with van der Waals surface area (Å²) in [7, 11) is 0. The Morgan fingerprint density at radius 2 is 2.38 bits per heavy atom. The van der Waals surface area contributed by atoms with Crippen molar-refractivity contribution in [2.45, 2.75) is 38.3 Å². The third kappa shape index (κ3) is 1.06. The molecule has 3 rings (SSSR count). The highest BCUT2D eigenvalue weighted by atomic mass is 15.4. The number of nitrogens with zero attached hydrogens (tertiary/aromatic N) is 2. The molecule has 0 aromatic carbocycles. The summed E-state index contributed by atoms with van der Waals surface area (Å²) in [6.07, 6.45) is 4.19.